The molecule has 34 heavy (non-hydrogen) atoms. The second-order valence-electron chi connectivity index (χ2n) is 8.49. The van der Waals surface area contributed by atoms with Crippen LogP contribution < -0.4 is 4.90 Å². The lowest BCUT2D eigenvalue weighted by atomic mass is 10.1. The van der Waals surface area contributed by atoms with Crippen LogP contribution in [0.15, 0.2) is 54.7 Å². The highest BCUT2D eigenvalue weighted by atomic mass is 16.5. The van der Waals surface area contributed by atoms with Gasteiger partial charge >= 0.3 is 0 Å². The molecule has 0 spiro atoms. The van der Waals surface area contributed by atoms with E-state index in [9.17, 15) is 4.79 Å². The maximum atomic E-state index is 12.0. The van der Waals surface area contributed by atoms with Gasteiger partial charge in [0.25, 0.3) is 0 Å². The number of carbonyl (C=O) groups excluding carboxylic acids is 1. The van der Waals surface area contributed by atoms with Gasteiger partial charge in [-0.1, -0.05) is 23.8 Å². The molecule has 4 aromatic rings. The Morgan fingerprint density at radius 3 is 2.68 bits per heavy atom. The Balaban J connectivity index is 1.56. The van der Waals surface area contributed by atoms with E-state index in [1.807, 2.05) is 35.0 Å². The van der Waals surface area contributed by atoms with Crippen LogP contribution in [-0.2, 0) is 9.53 Å². The van der Waals surface area contributed by atoms with Gasteiger partial charge < -0.3 is 14.5 Å². The number of benzene rings is 1. The second kappa shape index (κ2) is 9.11. The molecule has 0 unspecified atom stereocenters. The van der Waals surface area contributed by atoms with Crippen molar-refractivity contribution in [3.8, 4) is 17.1 Å². The van der Waals surface area contributed by atoms with Gasteiger partial charge in [0.15, 0.2) is 11.5 Å². The molecule has 1 fully saturated rings. The zero-order valence-corrected chi connectivity index (χ0v) is 19.5. The molecule has 3 aromatic heterocycles. The minimum atomic E-state index is -0.0978. The molecular formula is C25H27N7O2. The highest BCUT2D eigenvalue weighted by Gasteiger charge is 2.19. The smallest absolute Gasteiger partial charge is 0.246 e. The Bertz CT molecular complexity index is 1360. The fourth-order valence-corrected chi connectivity index (χ4v) is 3.90. The summed E-state index contributed by atoms with van der Waals surface area (Å²) in [6, 6.07) is 14.1. The van der Waals surface area contributed by atoms with Gasteiger partial charge in [-0.05, 0) is 25.1 Å². The van der Waals surface area contributed by atoms with Crippen LogP contribution in [0.3, 0.4) is 0 Å². The standard InChI is InChI=1S/C25H27N7O2/c1-18-5-4-6-19(15-18)21-9-10-31(28-21)22-17-24(30-11-13-34-14-12-30)32-23(26-22)16-20(27-32)7-8-25(33)29(2)3/h4-10,15-17H,11-14H2,1-3H3. The Kier molecular flexibility index (Phi) is 5.85. The summed E-state index contributed by atoms with van der Waals surface area (Å²) < 4.78 is 9.16. The number of amides is 1. The number of hydrogen-bond donors (Lipinski definition) is 0. The fourth-order valence-electron chi connectivity index (χ4n) is 3.90. The van der Waals surface area contributed by atoms with Crippen LogP contribution in [0.1, 0.15) is 11.3 Å². The first-order chi connectivity index (χ1) is 16.5. The third-order valence-corrected chi connectivity index (χ3v) is 5.72. The normalized spacial score (nSPS) is 14.3. The average molecular weight is 458 g/mol. The number of hydrogen-bond acceptors (Lipinski definition) is 6. The zero-order valence-electron chi connectivity index (χ0n) is 19.5. The van der Waals surface area contributed by atoms with Crippen LogP contribution in [0.5, 0.6) is 0 Å². The van der Waals surface area contributed by atoms with E-state index in [0.717, 1.165) is 30.2 Å². The number of aromatic nitrogens is 5. The number of ether oxygens (including phenoxy) is 1. The molecule has 0 atom stereocenters. The number of aryl methyl sites for hydroxylation is 1. The Morgan fingerprint density at radius 2 is 1.91 bits per heavy atom. The van der Waals surface area contributed by atoms with Crippen molar-refractivity contribution in [3.05, 3.63) is 66.0 Å². The van der Waals surface area contributed by atoms with Crippen molar-refractivity contribution in [1.29, 1.82) is 0 Å². The summed E-state index contributed by atoms with van der Waals surface area (Å²) in [5.74, 6) is 1.52. The van der Waals surface area contributed by atoms with Crippen molar-refractivity contribution >= 4 is 23.4 Å². The number of rotatable bonds is 5. The van der Waals surface area contributed by atoms with E-state index in [2.05, 4.69) is 30.0 Å². The first-order valence-corrected chi connectivity index (χ1v) is 11.2. The van der Waals surface area contributed by atoms with Crippen molar-refractivity contribution in [3.63, 3.8) is 0 Å². The van der Waals surface area contributed by atoms with Crippen LogP contribution in [0.25, 0.3) is 28.8 Å². The second-order valence-corrected chi connectivity index (χ2v) is 8.49. The minimum Gasteiger partial charge on any atom is -0.378 e. The van der Waals surface area contributed by atoms with Crippen molar-refractivity contribution in [2.75, 3.05) is 45.3 Å². The molecule has 5 rings (SSSR count). The van der Waals surface area contributed by atoms with Gasteiger partial charge in [-0.2, -0.15) is 14.7 Å². The average Bonchev–Trinajstić information content (AvgIpc) is 3.49. The molecule has 9 nitrogen and oxygen atoms in total. The zero-order chi connectivity index (χ0) is 23.7. The predicted octanol–water partition coefficient (Wildman–Crippen LogP) is 2.83. The number of carbonyl (C=O) groups is 1. The summed E-state index contributed by atoms with van der Waals surface area (Å²) in [5, 5.41) is 9.49. The summed E-state index contributed by atoms with van der Waals surface area (Å²) in [5.41, 5.74) is 4.49. The minimum absolute atomic E-state index is 0.0978. The maximum Gasteiger partial charge on any atom is 0.246 e. The third kappa shape index (κ3) is 4.42. The number of anilines is 1. The fraction of sp³-hybridized carbons (Fsp3) is 0.280. The molecule has 0 saturated carbocycles. The molecule has 0 bridgehead atoms. The lowest BCUT2D eigenvalue weighted by Gasteiger charge is -2.29. The van der Waals surface area contributed by atoms with Gasteiger partial charge in [-0.3, -0.25) is 4.79 Å². The maximum absolute atomic E-state index is 12.0. The number of morpholine rings is 1. The molecule has 4 heterocycles. The van der Waals surface area contributed by atoms with E-state index < -0.39 is 0 Å². The number of likely N-dealkylation sites (N-methyl/N-ethyl adjacent to an activating group) is 1. The largest absolute Gasteiger partial charge is 0.378 e. The van der Waals surface area contributed by atoms with Crippen LogP contribution in [0, 0.1) is 6.92 Å². The summed E-state index contributed by atoms with van der Waals surface area (Å²) in [6.07, 6.45) is 5.15. The highest BCUT2D eigenvalue weighted by Crippen LogP contribution is 2.24. The van der Waals surface area contributed by atoms with E-state index in [4.69, 9.17) is 19.9 Å². The first-order valence-electron chi connectivity index (χ1n) is 11.2. The van der Waals surface area contributed by atoms with Crippen molar-refractivity contribution in [2.45, 2.75) is 6.92 Å². The van der Waals surface area contributed by atoms with Gasteiger partial charge in [-0.25, -0.2) is 9.67 Å². The molecule has 1 amide bonds. The molecule has 0 aliphatic carbocycles. The third-order valence-electron chi connectivity index (χ3n) is 5.72. The molecular weight excluding hydrogens is 430 g/mol. The molecule has 1 aliphatic rings. The van der Waals surface area contributed by atoms with E-state index in [1.54, 1.807) is 24.9 Å². The van der Waals surface area contributed by atoms with Gasteiger partial charge in [0.2, 0.25) is 5.91 Å². The van der Waals surface area contributed by atoms with Crippen molar-refractivity contribution in [2.24, 2.45) is 0 Å². The van der Waals surface area contributed by atoms with Gasteiger partial charge in [-0.15, -0.1) is 0 Å². The lowest BCUT2D eigenvalue weighted by Crippen LogP contribution is -2.37. The molecule has 174 valence electrons. The monoisotopic (exact) mass is 457 g/mol. The highest BCUT2D eigenvalue weighted by molar-refractivity contribution is 5.91. The molecule has 1 aromatic carbocycles. The van der Waals surface area contributed by atoms with Gasteiger partial charge in [0, 0.05) is 57.2 Å². The molecule has 1 aliphatic heterocycles. The summed E-state index contributed by atoms with van der Waals surface area (Å²) in [7, 11) is 3.44. The first kappa shape index (κ1) is 21.8. The topological polar surface area (TPSA) is 80.8 Å². The molecule has 1 saturated heterocycles. The number of fused-ring (bicyclic) bond motifs is 1. The summed E-state index contributed by atoms with van der Waals surface area (Å²) in [6.45, 7) is 4.91. The Morgan fingerprint density at radius 1 is 1.09 bits per heavy atom. The quantitative estimate of drug-likeness (QED) is 0.429. The van der Waals surface area contributed by atoms with E-state index >= 15 is 0 Å². The van der Waals surface area contributed by atoms with Gasteiger partial charge in [0.05, 0.1) is 24.6 Å². The summed E-state index contributed by atoms with van der Waals surface area (Å²) in [4.78, 5) is 20.6. The van der Waals surface area contributed by atoms with E-state index in [0.29, 0.717) is 30.4 Å². The lowest BCUT2D eigenvalue weighted by molar-refractivity contribution is -0.123. The SMILES string of the molecule is Cc1cccc(-c2ccn(-c3cc(N4CCOCC4)n4nc(C=CC(=O)N(C)C)cc4n3)n2)c1. The van der Waals surface area contributed by atoms with Crippen LogP contribution in [-0.4, -0.2) is 75.6 Å². The number of nitrogens with zero attached hydrogens (tertiary/aromatic N) is 7. The van der Waals surface area contributed by atoms with Crippen molar-refractivity contribution < 1.29 is 9.53 Å². The van der Waals surface area contributed by atoms with Crippen LogP contribution in [0.2, 0.25) is 0 Å². The van der Waals surface area contributed by atoms with Crippen molar-refractivity contribution in [1.82, 2.24) is 29.3 Å². The molecule has 0 radical (unpaired) electrons. The van der Waals surface area contributed by atoms with Gasteiger partial charge in [0.1, 0.15) is 5.82 Å². The predicted molar refractivity (Wildman–Crippen MR) is 131 cm³/mol. The molecule has 0 N–H and O–H groups in total. The van der Waals surface area contributed by atoms with E-state index in [1.165, 1.54) is 16.5 Å². The Hall–Kier alpha value is -3.98. The molecule has 9 heteroatoms. The Labute approximate surface area is 197 Å². The van der Waals surface area contributed by atoms with E-state index in [-0.39, 0.29) is 5.91 Å². The van der Waals surface area contributed by atoms with Crippen LogP contribution in [0.4, 0.5) is 5.82 Å². The van der Waals surface area contributed by atoms with Crippen LogP contribution >= 0.6 is 0 Å². The summed E-state index contributed by atoms with van der Waals surface area (Å²) >= 11 is 0.